The molecule has 2 rings (SSSR count). The first kappa shape index (κ1) is 14.3. The van der Waals surface area contributed by atoms with Crippen molar-refractivity contribution < 1.29 is 19.1 Å². The van der Waals surface area contributed by atoms with Crippen molar-refractivity contribution in [2.45, 2.75) is 31.8 Å². The molecule has 19 heavy (non-hydrogen) atoms. The first-order chi connectivity index (χ1) is 9.22. The largest absolute Gasteiger partial charge is 0.385 e. The van der Waals surface area contributed by atoms with E-state index >= 15 is 0 Å². The summed E-state index contributed by atoms with van der Waals surface area (Å²) in [6.07, 6.45) is 3.74. The second kappa shape index (κ2) is 6.86. The van der Waals surface area contributed by atoms with Gasteiger partial charge in [-0.05, 0) is 25.7 Å². The van der Waals surface area contributed by atoms with Gasteiger partial charge in [0.25, 0.3) is 0 Å². The zero-order chi connectivity index (χ0) is 13.7. The highest BCUT2D eigenvalue weighted by molar-refractivity contribution is 6.02. The molecule has 1 atom stereocenters. The fraction of sp³-hybridized carbons (Fsp3) is 0.846. The van der Waals surface area contributed by atoms with Crippen LogP contribution >= 0.6 is 0 Å². The smallest absolute Gasteiger partial charge is 0.327 e. The lowest BCUT2D eigenvalue weighted by atomic mass is 10.2. The van der Waals surface area contributed by atoms with E-state index in [2.05, 4.69) is 0 Å². The van der Waals surface area contributed by atoms with Crippen LogP contribution in [0.25, 0.3) is 0 Å². The van der Waals surface area contributed by atoms with Crippen LogP contribution in [0.5, 0.6) is 0 Å². The van der Waals surface area contributed by atoms with E-state index in [1.54, 1.807) is 12.0 Å². The maximum atomic E-state index is 12.1. The predicted molar refractivity (Wildman–Crippen MR) is 68.8 cm³/mol. The number of carbonyl (C=O) groups excluding carboxylic acids is 2. The minimum Gasteiger partial charge on any atom is -0.385 e. The van der Waals surface area contributed by atoms with Crippen molar-refractivity contribution in [1.29, 1.82) is 0 Å². The van der Waals surface area contributed by atoms with Crippen LogP contribution in [-0.4, -0.2) is 67.8 Å². The summed E-state index contributed by atoms with van der Waals surface area (Å²) in [4.78, 5) is 26.9. The van der Waals surface area contributed by atoms with Gasteiger partial charge < -0.3 is 14.4 Å². The lowest BCUT2D eigenvalue weighted by molar-refractivity contribution is -0.126. The summed E-state index contributed by atoms with van der Waals surface area (Å²) in [5.74, 6) is -0.104. The highest BCUT2D eigenvalue weighted by atomic mass is 16.5. The molecule has 2 heterocycles. The van der Waals surface area contributed by atoms with E-state index in [1.807, 2.05) is 0 Å². The Morgan fingerprint density at radius 1 is 1.37 bits per heavy atom. The Kier molecular flexibility index (Phi) is 5.15. The highest BCUT2D eigenvalue weighted by Gasteiger charge is 2.37. The lowest BCUT2D eigenvalue weighted by Gasteiger charge is -2.19. The van der Waals surface area contributed by atoms with Crippen LogP contribution in [0.15, 0.2) is 0 Å². The molecule has 6 heteroatoms. The summed E-state index contributed by atoms with van der Waals surface area (Å²) < 4.78 is 10.4. The molecule has 2 aliphatic heterocycles. The van der Waals surface area contributed by atoms with Gasteiger partial charge in [0.2, 0.25) is 5.91 Å². The minimum atomic E-state index is -0.169. The van der Waals surface area contributed by atoms with Crippen LogP contribution < -0.4 is 0 Å². The topological polar surface area (TPSA) is 59.1 Å². The Labute approximate surface area is 113 Å². The Balaban J connectivity index is 1.78. The molecule has 0 aliphatic carbocycles. The molecule has 0 spiro atoms. The van der Waals surface area contributed by atoms with Crippen LogP contribution in [0.1, 0.15) is 25.7 Å². The predicted octanol–water partition coefficient (Wildman–Crippen LogP) is 0.856. The van der Waals surface area contributed by atoms with Crippen LogP contribution in [0.3, 0.4) is 0 Å². The van der Waals surface area contributed by atoms with Gasteiger partial charge in [-0.3, -0.25) is 9.69 Å². The van der Waals surface area contributed by atoms with Gasteiger partial charge in [-0.2, -0.15) is 0 Å². The minimum absolute atomic E-state index is 0.0290. The zero-order valence-corrected chi connectivity index (χ0v) is 11.5. The van der Waals surface area contributed by atoms with E-state index in [0.29, 0.717) is 19.7 Å². The number of hydrogen-bond donors (Lipinski definition) is 0. The van der Waals surface area contributed by atoms with Gasteiger partial charge in [0, 0.05) is 26.9 Å². The lowest BCUT2D eigenvalue weighted by Crippen LogP contribution is -2.38. The van der Waals surface area contributed by atoms with Gasteiger partial charge >= 0.3 is 6.03 Å². The molecule has 0 unspecified atom stereocenters. The van der Waals surface area contributed by atoms with Gasteiger partial charge in [-0.1, -0.05) is 0 Å². The standard InChI is InChI=1S/C13H22N2O4/c1-18-7-3-2-6-14-10-12(16)15(13(14)17)9-11-5-4-8-19-11/h11H,2-10H2,1H3/t11-/m1/s1. The molecular formula is C13H22N2O4. The van der Waals surface area contributed by atoms with Crippen molar-refractivity contribution in [3.05, 3.63) is 0 Å². The van der Waals surface area contributed by atoms with Crippen LogP contribution in [0.2, 0.25) is 0 Å². The number of nitrogens with zero attached hydrogens (tertiary/aromatic N) is 2. The molecule has 0 aromatic heterocycles. The SMILES string of the molecule is COCCCCN1CC(=O)N(C[C@H]2CCCO2)C1=O. The van der Waals surface area contributed by atoms with Crippen molar-refractivity contribution in [3.63, 3.8) is 0 Å². The Morgan fingerprint density at radius 3 is 2.89 bits per heavy atom. The molecule has 0 radical (unpaired) electrons. The van der Waals surface area contributed by atoms with E-state index in [9.17, 15) is 9.59 Å². The third-order valence-electron chi connectivity index (χ3n) is 3.57. The maximum Gasteiger partial charge on any atom is 0.327 e. The Bertz CT molecular complexity index is 329. The summed E-state index contributed by atoms with van der Waals surface area (Å²) in [5, 5.41) is 0. The van der Waals surface area contributed by atoms with E-state index in [4.69, 9.17) is 9.47 Å². The average molecular weight is 270 g/mol. The zero-order valence-electron chi connectivity index (χ0n) is 11.5. The number of hydrogen-bond acceptors (Lipinski definition) is 4. The summed E-state index contributed by atoms with van der Waals surface area (Å²) >= 11 is 0. The van der Waals surface area contributed by atoms with E-state index in [0.717, 1.165) is 32.3 Å². The number of unbranched alkanes of at least 4 members (excludes halogenated alkanes) is 1. The van der Waals surface area contributed by atoms with Gasteiger partial charge in [0.05, 0.1) is 12.6 Å². The Hall–Kier alpha value is -1.14. The maximum absolute atomic E-state index is 12.1. The van der Waals surface area contributed by atoms with E-state index < -0.39 is 0 Å². The molecule has 0 N–H and O–H groups in total. The van der Waals surface area contributed by atoms with E-state index in [-0.39, 0.29) is 24.6 Å². The molecule has 0 aromatic carbocycles. The molecular weight excluding hydrogens is 248 g/mol. The Morgan fingerprint density at radius 2 is 2.21 bits per heavy atom. The molecule has 3 amide bonds. The van der Waals surface area contributed by atoms with Crippen molar-refractivity contribution in [2.24, 2.45) is 0 Å². The number of ether oxygens (including phenoxy) is 2. The molecule has 2 aliphatic rings. The van der Waals surface area contributed by atoms with E-state index in [1.165, 1.54) is 4.90 Å². The van der Waals surface area contributed by atoms with Crippen LogP contribution in [-0.2, 0) is 14.3 Å². The molecule has 6 nitrogen and oxygen atoms in total. The van der Waals surface area contributed by atoms with Gasteiger partial charge in [-0.25, -0.2) is 4.79 Å². The molecule has 0 saturated carbocycles. The fourth-order valence-electron chi connectivity index (χ4n) is 2.49. The quantitative estimate of drug-likeness (QED) is 0.508. The van der Waals surface area contributed by atoms with Crippen molar-refractivity contribution in [1.82, 2.24) is 9.80 Å². The molecule has 2 fully saturated rings. The van der Waals surface area contributed by atoms with Crippen LogP contribution in [0.4, 0.5) is 4.79 Å². The summed E-state index contributed by atoms with van der Waals surface area (Å²) in [5.41, 5.74) is 0. The summed E-state index contributed by atoms with van der Waals surface area (Å²) in [6.45, 7) is 2.66. The van der Waals surface area contributed by atoms with Gasteiger partial charge in [-0.15, -0.1) is 0 Å². The monoisotopic (exact) mass is 270 g/mol. The second-order valence-electron chi connectivity index (χ2n) is 5.04. The van der Waals surface area contributed by atoms with Crippen molar-refractivity contribution >= 4 is 11.9 Å². The first-order valence-corrected chi connectivity index (χ1v) is 6.92. The molecule has 108 valence electrons. The number of carbonyl (C=O) groups is 2. The van der Waals surface area contributed by atoms with Gasteiger partial charge in [0.15, 0.2) is 0 Å². The summed E-state index contributed by atoms with van der Waals surface area (Å²) in [7, 11) is 1.66. The highest BCUT2D eigenvalue weighted by Crippen LogP contribution is 2.18. The number of imide groups is 1. The molecule has 0 aromatic rings. The molecule has 2 saturated heterocycles. The average Bonchev–Trinajstić information content (AvgIpc) is 2.99. The van der Waals surface area contributed by atoms with Crippen LogP contribution in [0, 0.1) is 0 Å². The number of methoxy groups -OCH3 is 1. The fourth-order valence-corrected chi connectivity index (χ4v) is 2.49. The third kappa shape index (κ3) is 3.67. The van der Waals surface area contributed by atoms with Gasteiger partial charge in [0.1, 0.15) is 6.54 Å². The number of rotatable bonds is 7. The second-order valence-corrected chi connectivity index (χ2v) is 5.04. The number of urea groups is 1. The summed E-state index contributed by atoms with van der Waals surface area (Å²) in [6, 6.07) is -0.169. The van der Waals surface area contributed by atoms with Crippen molar-refractivity contribution in [2.75, 3.05) is 40.0 Å². The normalized spacial score (nSPS) is 23.7. The number of amides is 3. The first-order valence-electron chi connectivity index (χ1n) is 6.92. The third-order valence-corrected chi connectivity index (χ3v) is 3.57. The van der Waals surface area contributed by atoms with Crippen molar-refractivity contribution in [3.8, 4) is 0 Å². The molecule has 0 bridgehead atoms.